The quantitative estimate of drug-likeness (QED) is 0.135. The number of benzene rings is 16. The molecule has 8 heteroatoms. The van der Waals surface area contributed by atoms with Crippen LogP contribution in [0.15, 0.2) is 350 Å². The van der Waals surface area contributed by atoms with Gasteiger partial charge in [-0.25, -0.2) is 0 Å². The molecule has 480 valence electrons. The topological polar surface area (TPSA) is 43.0 Å². The zero-order valence-electron chi connectivity index (χ0n) is 71.8. The number of furan rings is 1. The molecule has 6 nitrogen and oxygen atoms in total. The van der Waals surface area contributed by atoms with Crippen molar-refractivity contribution in [1.29, 1.82) is 0 Å². The summed E-state index contributed by atoms with van der Waals surface area (Å²) in [5.41, 5.74) is 10.2. The molecule has 0 fully saturated rings. The van der Waals surface area contributed by atoms with Crippen LogP contribution in [0.2, 0.25) is 0 Å². The van der Waals surface area contributed by atoms with Gasteiger partial charge < -0.3 is 28.3 Å². The Labute approximate surface area is 624 Å². The van der Waals surface area contributed by atoms with E-state index in [-0.39, 0.29) is 113 Å². The van der Waals surface area contributed by atoms with E-state index in [4.69, 9.17) is 15.3 Å². The highest BCUT2D eigenvalue weighted by Crippen LogP contribution is 2.56. The second kappa shape index (κ2) is 22.0. The van der Waals surface area contributed by atoms with Crippen LogP contribution in [-0.2, 0) is 0 Å². The molecule has 0 unspecified atom stereocenters. The van der Waals surface area contributed by atoms with Gasteiger partial charge in [-0.05, 0) is 156 Å². The molecule has 0 radical (unpaired) electrons. The number of anilines is 6. The number of hydrogen-bond acceptors (Lipinski definition) is 5. The number of hydrogen-bond donors (Lipinski definition) is 0. The highest BCUT2D eigenvalue weighted by molar-refractivity contribution is 7.04. The van der Waals surface area contributed by atoms with Crippen molar-refractivity contribution in [2.45, 2.75) is 0 Å². The van der Waals surface area contributed by atoms with Crippen LogP contribution in [0.3, 0.4) is 0 Å². The molecule has 0 spiro atoms. The Morgan fingerprint density at radius 3 is 1.49 bits per heavy atom. The van der Waals surface area contributed by atoms with E-state index in [0.29, 0.717) is 78.3 Å². The van der Waals surface area contributed by atoms with Gasteiger partial charge in [-0.15, -0.1) is 0 Å². The highest BCUT2D eigenvalue weighted by Gasteiger charge is 2.53. The summed E-state index contributed by atoms with van der Waals surface area (Å²) in [5, 5.41) is 1.44. The molecule has 0 aliphatic carbocycles. The van der Waals surface area contributed by atoms with Gasteiger partial charge >= 0.3 is 0 Å². The Kier molecular flexibility index (Phi) is 9.13. The maximum absolute atomic E-state index is 12.2. The summed E-state index contributed by atoms with van der Waals surface area (Å²) in [6.45, 7) is -2.84. The summed E-state index contributed by atoms with van der Waals surface area (Å²) < 4.78 is 197. The Morgan fingerprint density at radius 2 is 0.846 bits per heavy atom. The summed E-state index contributed by atoms with van der Waals surface area (Å²) in [6, 6.07) is 68.1. The predicted octanol–water partition coefficient (Wildman–Crippen LogP) is 21.5. The Bertz CT molecular complexity index is 7630. The largest absolute Gasteiger partial charge is 0.459 e. The molecule has 0 amide bonds. The lowest BCUT2D eigenvalue weighted by atomic mass is 9.29. The highest BCUT2D eigenvalue weighted by atomic mass is 16.5. The third-order valence-electron chi connectivity index (χ3n) is 21.2. The fourth-order valence-corrected chi connectivity index (χ4v) is 16.9. The third kappa shape index (κ3) is 8.19. The van der Waals surface area contributed by atoms with Crippen molar-refractivity contribution >= 4 is 124 Å². The third-order valence-corrected chi connectivity index (χ3v) is 21.2. The number of ether oxygens (including phenoxy) is 2. The second-order valence-electron chi connectivity index (χ2n) is 26.7. The van der Waals surface area contributed by atoms with Gasteiger partial charge in [0.25, 0.3) is 13.4 Å². The molecule has 0 atom stereocenters. The molecule has 0 saturated carbocycles. The Balaban J connectivity index is 0.991. The van der Waals surface area contributed by atoms with Gasteiger partial charge in [-0.1, -0.05) is 273 Å². The smallest absolute Gasteiger partial charge is 0.266 e. The van der Waals surface area contributed by atoms with E-state index in [2.05, 4.69) is 6.07 Å². The van der Waals surface area contributed by atoms with Gasteiger partial charge in [0.05, 0.1) is 45.7 Å². The molecule has 23 rings (SSSR count). The standard InChI is InChI=1S/C96H57B2N3O3/c1-7-25-58(26-8-1)65-45-48-76-78(52-65)100(93-68(60-29-11-3-12-30-60)39-23-40-69(93)61-31-13-4-14-32-61)79-53-66(64-46-49-84-75(51-64)73-38-20-22-44-83(73)102-84)54-80-88(79)97(76)89-81(101(80)94-70(62-33-15-5-16-34-62)41-24-42-71(94)63-35-17-6-18-36-63)57-82-90-96(89)104-87-56-67(59-27-9-2-10-28-59)55-86-91(87)98(90)92-85(103-86)50-47-74-72-37-19-21-43-77(72)99(82)95(74)92/h1-57H/i1D,7D,8D,19D,21D,25D,26D,37D,43D,45D,47D,48D,50D,52D,55D,56D,57D. The van der Waals surface area contributed by atoms with Crippen molar-refractivity contribution in [1.82, 2.24) is 4.57 Å². The zero-order chi connectivity index (χ0) is 82.6. The first-order valence-electron chi connectivity index (χ1n) is 43.0. The van der Waals surface area contributed by atoms with E-state index in [1.54, 1.807) is 34.9 Å². The second-order valence-corrected chi connectivity index (χ2v) is 26.7. The van der Waals surface area contributed by atoms with E-state index in [9.17, 15) is 21.9 Å². The lowest BCUT2D eigenvalue weighted by Crippen LogP contribution is -2.66. The zero-order valence-corrected chi connectivity index (χ0v) is 54.8. The van der Waals surface area contributed by atoms with Crippen molar-refractivity contribution in [2.75, 3.05) is 9.80 Å². The maximum Gasteiger partial charge on any atom is 0.266 e. The van der Waals surface area contributed by atoms with E-state index < -0.39 is 109 Å². The van der Waals surface area contributed by atoms with Crippen molar-refractivity contribution in [3.63, 3.8) is 0 Å². The summed E-state index contributed by atoms with van der Waals surface area (Å²) in [4.78, 5) is 3.98. The minimum absolute atomic E-state index is 0.00410. The van der Waals surface area contributed by atoms with Gasteiger partial charge in [0.2, 0.25) is 0 Å². The van der Waals surface area contributed by atoms with Crippen LogP contribution in [0.1, 0.15) is 23.3 Å². The molecule has 2 aromatic heterocycles. The van der Waals surface area contributed by atoms with Crippen LogP contribution >= 0.6 is 0 Å². The average molecular weight is 1340 g/mol. The monoisotopic (exact) mass is 1340 g/mol. The number of aromatic nitrogens is 1. The van der Waals surface area contributed by atoms with Crippen LogP contribution < -0.4 is 52.1 Å². The Hall–Kier alpha value is -13.6. The summed E-state index contributed by atoms with van der Waals surface area (Å²) in [6.07, 6.45) is 0. The molecule has 5 aliphatic rings. The fourth-order valence-electron chi connectivity index (χ4n) is 16.9. The van der Waals surface area contributed by atoms with E-state index in [0.717, 1.165) is 33.0 Å². The van der Waals surface area contributed by atoms with Gasteiger partial charge in [0, 0.05) is 77.7 Å². The van der Waals surface area contributed by atoms with Crippen LogP contribution in [0.25, 0.3) is 127 Å². The molecule has 104 heavy (non-hydrogen) atoms. The summed E-state index contributed by atoms with van der Waals surface area (Å²) in [5.74, 6) is -0.456. The van der Waals surface area contributed by atoms with Gasteiger partial charge in [-0.3, -0.25) is 0 Å². The summed E-state index contributed by atoms with van der Waals surface area (Å²) in [7, 11) is 0. The normalized spacial score (nSPS) is 15.4. The van der Waals surface area contributed by atoms with Gasteiger partial charge in [-0.2, -0.15) is 0 Å². The minimum atomic E-state index is -1.52. The van der Waals surface area contributed by atoms with Crippen molar-refractivity contribution < 1.29 is 37.2 Å². The van der Waals surface area contributed by atoms with Crippen molar-refractivity contribution in [3.8, 4) is 107 Å². The first kappa shape index (κ1) is 43.2. The number of nitrogens with zero attached hydrogens (tertiary/aromatic N) is 3. The van der Waals surface area contributed by atoms with Crippen molar-refractivity contribution in [3.05, 3.63) is 345 Å². The van der Waals surface area contributed by atoms with Crippen LogP contribution in [-0.4, -0.2) is 18.0 Å². The molecule has 16 aromatic carbocycles. The van der Waals surface area contributed by atoms with Crippen LogP contribution in [0.5, 0.6) is 23.0 Å². The van der Waals surface area contributed by atoms with Gasteiger partial charge in [0.1, 0.15) is 34.2 Å². The average Bonchev–Trinajstić information content (AvgIpc) is 1.60. The SMILES string of the molecule is [2H]c1c([2H])c([2H])c(-c2c([2H])c([2H])c3c(c2[2H])N(c2c(-c4ccccc4)cccc2-c2ccccc2)c2cc(-c4ccc5oc6ccccc6c5c4)cc4c2B3c2c3c5c(c([2H])c2N4c2c(-c4ccccc4)cccc2-c2ccccc2)-n2c4c([2H])c([2H])c([2H])c([2H])c4c4c([2H])c([2H])c6c(c42)B5c2c(c([2H])c(-c4ccccc4)c([2H])c2O6)O3)c([2H])c1[2H]. The first-order chi connectivity index (χ1) is 58.7. The Morgan fingerprint density at radius 1 is 0.288 bits per heavy atom. The first-order valence-corrected chi connectivity index (χ1v) is 34.5. The van der Waals surface area contributed by atoms with Crippen LogP contribution in [0.4, 0.5) is 34.1 Å². The fraction of sp³-hybridized carbons (Fsp3) is 0. The van der Waals surface area contributed by atoms with E-state index >= 15 is 0 Å². The maximum atomic E-state index is 12.2. The summed E-state index contributed by atoms with van der Waals surface area (Å²) >= 11 is 0. The molecule has 18 aromatic rings. The minimum Gasteiger partial charge on any atom is -0.459 e. The lowest BCUT2D eigenvalue weighted by molar-refractivity contribution is 0.466. The molecule has 5 aliphatic heterocycles. The van der Waals surface area contributed by atoms with Gasteiger partial charge in [0.15, 0.2) is 0 Å². The lowest BCUT2D eigenvalue weighted by Gasteiger charge is -2.48. The molecular weight excluding hydrogens is 1260 g/mol. The number of para-hydroxylation sites is 4. The van der Waals surface area contributed by atoms with E-state index in [1.165, 1.54) is 0 Å². The molecule has 0 N–H and O–H groups in total. The molecule has 0 saturated heterocycles. The molecule has 7 heterocycles. The number of rotatable bonds is 9. The number of fused-ring (bicyclic) bond motifs is 12. The predicted molar refractivity (Wildman–Crippen MR) is 431 cm³/mol. The molecule has 0 bridgehead atoms. The van der Waals surface area contributed by atoms with Crippen LogP contribution in [0, 0.1) is 0 Å². The van der Waals surface area contributed by atoms with Crippen molar-refractivity contribution in [2.24, 2.45) is 0 Å². The van der Waals surface area contributed by atoms with E-state index in [1.807, 2.05) is 216 Å². The molecular formula is C96H57B2N3O3.